The molecule has 0 aliphatic carbocycles. The number of aryl methyl sites for hydroxylation is 1. The van der Waals surface area contributed by atoms with Gasteiger partial charge in [0.05, 0.1) is 0 Å². The third-order valence-electron chi connectivity index (χ3n) is 2.21. The lowest BCUT2D eigenvalue weighted by Crippen LogP contribution is -1.97. The standard InChI is InChI=1S/C12H14N2O2/c1-2-3-5-14-6-4-10(9-14)7-11(8-13)12(15)16/h4,6-7,9H,2-3,5H2,1H3,(H,15,16). The van der Waals surface area contributed by atoms with Crippen molar-refractivity contribution in [3.8, 4) is 6.07 Å². The highest BCUT2D eigenvalue weighted by Gasteiger charge is 2.05. The van der Waals surface area contributed by atoms with Crippen LogP contribution in [0.1, 0.15) is 25.3 Å². The zero-order chi connectivity index (χ0) is 12.0. The van der Waals surface area contributed by atoms with E-state index in [4.69, 9.17) is 10.4 Å². The Morgan fingerprint density at radius 2 is 2.44 bits per heavy atom. The van der Waals surface area contributed by atoms with E-state index in [0.29, 0.717) is 0 Å². The Morgan fingerprint density at radius 3 is 3.00 bits per heavy atom. The summed E-state index contributed by atoms with van der Waals surface area (Å²) in [6.45, 7) is 3.03. The van der Waals surface area contributed by atoms with E-state index in [0.717, 1.165) is 24.9 Å². The van der Waals surface area contributed by atoms with Crippen LogP contribution in [0.2, 0.25) is 0 Å². The number of unbranched alkanes of at least 4 members (excludes halogenated alkanes) is 1. The Kier molecular flexibility index (Phi) is 4.34. The molecule has 16 heavy (non-hydrogen) atoms. The van der Waals surface area contributed by atoms with Gasteiger partial charge in [0, 0.05) is 18.9 Å². The molecule has 1 aromatic rings. The molecule has 0 spiro atoms. The number of carboxylic acid groups (broad SMARTS) is 1. The number of nitriles is 1. The third kappa shape index (κ3) is 3.28. The lowest BCUT2D eigenvalue weighted by Gasteiger charge is -1.98. The van der Waals surface area contributed by atoms with Crippen LogP contribution in [0.15, 0.2) is 24.0 Å². The lowest BCUT2D eigenvalue weighted by atomic mass is 10.2. The van der Waals surface area contributed by atoms with Gasteiger partial charge in [-0.25, -0.2) is 4.79 Å². The van der Waals surface area contributed by atoms with Crippen molar-refractivity contribution < 1.29 is 9.90 Å². The van der Waals surface area contributed by atoms with Gasteiger partial charge in [0.2, 0.25) is 0 Å². The fraction of sp³-hybridized carbons (Fsp3) is 0.333. The highest BCUT2D eigenvalue weighted by atomic mass is 16.4. The Labute approximate surface area is 94.4 Å². The summed E-state index contributed by atoms with van der Waals surface area (Å²) in [5.74, 6) is -1.19. The minimum atomic E-state index is -1.19. The Bertz CT molecular complexity index is 438. The van der Waals surface area contributed by atoms with E-state index in [-0.39, 0.29) is 5.57 Å². The molecule has 0 bridgehead atoms. The molecule has 0 saturated heterocycles. The summed E-state index contributed by atoms with van der Waals surface area (Å²) >= 11 is 0. The average Bonchev–Trinajstić information content (AvgIpc) is 2.70. The molecule has 84 valence electrons. The number of aliphatic carboxylic acids is 1. The second-order valence-electron chi connectivity index (χ2n) is 3.51. The van der Waals surface area contributed by atoms with Crippen molar-refractivity contribution in [1.29, 1.82) is 5.26 Å². The molecule has 0 amide bonds. The van der Waals surface area contributed by atoms with Gasteiger partial charge in [-0.1, -0.05) is 13.3 Å². The minimum Gasteiger partial charge on any atom is -0.477 e. The van der Waals surface area contributed by atoms with Crippen LogP contribution in [0.5, 0.6) is 0 Å². The Hall–Kier alpha value is -2.02. The summed E-state index contributed by atoms with van der Waals surface area (Å²) in [6, 6.07) is 3.46. The molecule has 1 heterocycles. The smallest absolute Gasteiger partial charge is 0.346 e. The van der Waals surface area contributed by atoms with Gasteiger partial charge in [-0.15, -0.1) is 0 Å². The highest BCUT2D eigenvalue weighted by molar-refractivity contribution is 5.96. The molecule has 0 fully saturated rings. The SMILES string of the molecule is CCCCn1ccc(C=C(C#N)C(=O)O)c1. The fourth-order valence-electron chi connectivity index (χ4n) is 1.33. The number of nitrogens with zero attached hydrogens (tertiary/aromatic N) is 2. The van der Waals surface area contributed by atoms with Crippen LogP contribution >= 0.6 is 0 Å². The van der Waals surface area contributed by atoms with E-state index < -0.39 is 5.97 Å². The summed E-state index contributed by atoms with van der Waals surface area (Å²) < 4.78 is 1.99. The van der Waals surface area contributed by atoms with Crippen LogP contribution in [-0.4, -0.2) is 15.6 Å². The second kappa shape index (κ2) is 5.76. The molecule has 1 aromatic heterocycles. The number of rotatable bonds is 5. The molecular weight excluding hydrogens is 204 g/mol. The number of carbonyl (C=O) groups is 1. The van der Waals surface area contributed by atoms with Gasteiger partial charge in [-0.2, -0.15) is 5.26 Å². The lowest BCUT2D eigenvalue weighted by molar-refractivity contribution is -0.132. The maximum Gasteiger partial charge on any atom is 0.346 e. The van der Waals surface area contributed by atoms with Crippen molar-refractivity contribution in [2.45, 2.75) is 26.3 Å². The number of hydrogen-bond acceptors (Lipinski definition) is 2. The summed E-state index contributed by atoms with van der Waals surface area (Å²) in [7, 11) is 0. The molecule has 4 nitrogen and oxygen atoms in total. The first-order chi connectivity index (χ1) is 7.67. The molecule has 0 aromatic carbocycles. The van der Waals surface area contributed by atoms with Crippen LogP contribution in [-0.2, 0) is 11.3 Å². The molecule has 1 rings (SSSR count). The first kappa shape index (κ1) is 12.1. The van der Waals surface area contributed by atoms with E-state index >= 15 is 0 Å². The van der Waals surface area contributed by atoms with Crippen molar-refractivity contribution in [1.82, 2.24) is 4.57 Å². The molecule has 0 unspecified atom stereocenters. The molecule has 0 radical (unpaired) electrons. The van der Waals surface area contributed by atoms with Crippen molar-refractivity contribution in [3.05, 3.63) is 29.6 Å². The van der Waals surface area contributed by atoms with E-state index in [1.165, 1.54) is 6.08 Å². The second-order valence-corrected chi connectivity index (χ2v) is 3.51. The fourth-order valence-corrected chi connectivity index (χ4v) is 1.33. The average molecular weight is 218 g/mol. The number of aromatic nitrogens is 1. The largest absolute Gasteiger partial charge is 0.477 e. The van der Waals surface area contributed by atoms with Crippen LogP contribution in [0, 0.1) is 11.3 Å². The van der Waals surface area contributed by atoms with Gasteiger partial charge in [-0.05, 0) is 24.1 Å². The zero-order valence-electron chi connectivity index (χ0n) is 9.18. The zero-order valence-corrected chi connectivity index (χ0v) is 9.18. The summed E-state index contributed by atoms with van der Waals surface area (Å²) in [4.78, 5) is 10.6. The van der Waals surface area contributed by atoms with E-state index in [9.17, 15) is 4.79 Å². The van der Waals surface area contributed by atoms with E-state index in [2.05, 4.69) is 6.92 Å². The predicted octanol–water partition coefficient (Wildman–Crippen LogP) is 2.28. The van der Waals surface area contributed by atoms with Crippen LogP contribution < -0.4 is 0 Å². The van der Waals surface area contributed by atoms with Gasteiger partial charge in [0.1, 0.15) is 11.6 Å². The normalized spacial score (nSPS) is 11.1. The van der Waals surface area contributed by atoms with Gasteiger partial charge in [0.15, 0.2) is 0 Å². The predicted molar refractivity (Wildman–Crippen MR) is 60.6 cm³/mol. The monoisotopic (exact) mass is 218 g/mol. The van der Waals surface area contributed by atoms with Gasteiger partial charge in [0.25, 0.3) is 0 Å². The van der Waals surface area contributed by atoms with Crippen molar-refractivity contribution in [2.24, 2.45) is 0 Å². The molecule has 4 heteroatoms. The van der Waals surface area contributed by atoms with E-state index in [1.807, 2.05) is 17.0 Å². The Balaban J connectivity index is 2.78. The van der Waals surface area contributed by atoms with Crippen LogP contribution in [0.25, 0.3) is 6.08 Å². The van der Waals surface area contributed by atoms with Gasteiger partial charge in [-0.3, -0.25) is 0 Å². The number of carboxylic acids is 1. The molecule has 1 N–H and O–H groups in total. The topological polar surface area (TPSA) is 66.0 Å². The summed E-state index contributed by atoms with van der Waals surface area (Å²) in [6.07, 6.45) is 7.31. The maximum absolute atomic E-state index is 10.6. The van der Waals surface area contributed by atoms with Crippen molar-refractivity contribution in [3.63, 3.8) is 0 Å². The molecule has 0 atom stereocenters. The molecule has 0 aliphatic rings. The van der Waals surface area contributed by atoms with Crippen molar-refractivity contribution in [2.75, 3.05) is 0 Å². The first-order valence-electron chi connectivity index (χ1n) is 5.18. The summed E-state index contributed by atoms with van der Waals surface area (Å²) in [5, 5.41) is 17.3. The van der Waals surface area contributed by atoms with Gasteiger partial charge >= 0.3 is 5.97 Å². The highest BCUT2D eigenvalue weighted by Crippen LogP contribution is 2.08. The van der Waals surface area contributed by atoms with Crippen LogP contribution in [0.4, 0.5) is 0 Å². The van der Waals surface area contributed by atoms with Gasteiger partial charge < -0.3 is 9.67 Å². The van der Waals surface area contributed by atoms with Crippen molar-refractivity contribution >= 4 is 12.0 Å². The quantitative estimate of drug-likeness (QED) is 0.609. The Morgan fingerprint density at radius 1 is 1.69 bits per heavy atom. The molecule has 0 aliphatic heterocycles. The van der Waals surface area contributed by atoms with E-state index in [1.54, 1.807) is 12.1 Å². The maximum atomic E-state index is 10.6. The third-order valence-corrected chi connectivity index (χ3v) is 2.21. The molecular formula is C12H14N2O2. The summed E-state index contributed by atoms with van der Waals surface area (Å²) in [5.41, 5.74) is 0.503. The number of hydrogen-bond donors (Lipinski definition) is 1. The minimum absolute atomic E-state index is 0.242. The molecule has 0 saturated carbocycles. The van der Waals surface area contributed by atoms with Crippen LogP contribution in [0.3, 0.4) is 0 Å². The first-order valence-corrected chi connectivity index (χ1v) is 5.18.